The van der Waals surface area contributed by atoms with Crippen LogP contribution in [0, 0.1) is 5.92 Å². The van der Waals surface area contributed by atoms with Crippen molar-refractivity contribution >= 4 is 11.9 Å². The van der Waals surface area contributed by atoms with Gasteiger partial charge in [-0.3, -0.25) is 14.9 Å². The zero-order chi connectivity index (χ0) is 15.0. The second-order valence-corrected chi connectivity index (χ2v) is 5.99. The monoisotopic (exact) mass is 284 g/mol. The molecule has 0 aromatic heterocycles. The van der Waals surface area contributed by atoms with Gasteiger partial charge in [0.2, 0.25) is 5.91 Å². The van der Waals surface area contributed by atoms with Crippen molar-refractivity contribution in [3.8, 4) is 0 Å². The predicted molar refractivity (Wildman–Crippen MR) is 78.3 cm³/mol. The molecule has 1 atom stereocenters. The van der Waals surface area contributed by atoms with Crippen LogP contribution >= 0.6 is 0 Å². The molecule has 0 saturated heterocycles. The molecular weight excluding hydrogens is 256 g/mol. The van der Waals surface area contributed by atoms with E-state index in [0.29, 0.717) is 18.4 Å². The van der Waals surface area contributed by atoms with Gasteiger partial charge >= 0.3 is 5.97 Å². The molecule has 1 aliphatic carbocycles. The minimum absolute atomic E-state index is 0.0328. The average molecular weight is 284 g/mol. The summed E-state index contributed by atoms with van der Waals surface area (Å²) in [5.41, 5.74) is 0. The van der Waals surface area contributed by atoms with Crippen molar-refractivity contribution in [1.29, 1.82) is 0 Å². The van der Waals surface area contributed by atoms with Crippen molar-refractivity contribution in [3.63, 3.8) is 0 Å². The number of ether oxygens (including phenoxy) is 1. The molecule has 0 aromatic rings. The SMILES string of the molecule is COC(=O)C(CC(C)C)NCC(=O)NC1CCCCC1. The zero-order valence-electron chi connectivity index (χ0n) is 12.9. The fraction of sp³-hybridized carbons (Fsp3) is 0.867. The van der Waals surface area contributed by atoms with Crippen LogP contribution in [0.2, 0.25) is 0 Å². The summed E-state index contributed by atoms with van der Waals surface area (Å²) < 4.78 is 4.76. The number of carbonyl (C=O) groups excluding carboxylic acids is 2. The molecule has 0 bridgehead atoms. The summed E-state index contributed by atoms with van der Waals surface area (Å²) in [5, 5.41) is 6.04. The van der Waals surface area contributed by atoms with Crippen molar-refractivity contribution in [2.45, 2.75) is 64.5 Å². The van der Waals surface area contributed by atoms with Gasteiger partial charge in [-0.25, -0.2) is 0 Å². The summed E-state index contributed by atoms with van der Waals surface area (Å²) in [4.78, 5) is 23.5. The Balaban J connectivity index is 2.33. The number of methoxy groups -OCH3 is 1. The highest BCUT2D eigenvalue weighted by atomic mass is 16.5. The molecule has 20 heavy (non-hydrogen) atoms. The van der Waals surface area contributed by atoms with Gasteiger partial charge in [-0.05, 0) is 25.2 Å². The van der Waals surface area contributed by atoms with Gasteiger partial charge in [0.15, 0.2) is 0 Å². The average Bonchev–Trinajstić information content (AvgIpc) is 2.43. The molecule has 0 aliphatic heterocycles. The molecule has 1 aliphatic rings. The van der Waals surface area contributed by atoms with Crippen LogP contribution in [0.5, 0.6) is 0 Å². The topological polar surface area (TPSA) is 67.4 Å². The van der Waals surface area contributed by atoms with Crippen molar-refractivity contribution in [3.05, 3.63) is 0 Å². The van der Waals surface area contributed by atoms with E-state index in [1.54, 1.807) is 0 Å². The molecule has 2 N–H and O–H groups in total. The highest BCUT2D eigenvalue weighted by Crippen LogP contribution is 2.17. The first-order valence-corrected chi connectivity index (χ1v) is 7.63. The van der Waals surface area contributed by atoms with Crippen LogP contribution in [-0.4, -0.2) is 37.6 Å². The Hall–Kier alpha value is -1.10. The van der Waals surface area contributed by atoms with Gasteiger partial charge < -0.3 is 10.1 Å². The third kappa shape index (κ3) is 6.37. The summed E-state index contributed by atoms with van der Waals surface area (Å²) in [6.07, 6.45) is 6.45. The second-order valence-electron chi connectivity index (χ2n) is 5.99. The lowest BCUT2D eigenvalue weighted by atomic mass is 9.95. The largest absolute Gasteiger partial charge is 0.468 e. The lowest BCUT2D eigenvalue weighted by Crippen LogP contribution is -2.46. The van der Waals surface area contributed by atoms with E-state index in [9.17, 15) is 9.59 Å². The van der Waals surface area contributed by atoms with E-state index in [1.165, 1.54) is 26.4 Å². The maximum absolute atomic E-state index is 11.9. The minimum Gasteiger partial charge on any atom is -0.468 e. The Kier molecular flexibility index (Phi) is 7.59. The van der Waals surface area contributed by atoms with Gasteiger partial charge in [-0.2, -0.15) is 0 Å². The van der Waals surface area contributed by atoms with E-state index >= 15 is 0 Å². The zero-order valence-corrected chi connectivity index (χ0v) is 12.9. The first-order valence-electron chi connectivity index (χ1n) is 7.63. The predicted octanol–water partition coefficient (Wildman–Crippen LogP) is 1.61. The molecule has 0 heterocycles. The van der Waals surface area contributed by atoms with Gasteiger partial charge in [-0.1, -0.05) is 33.1 Å². The maximum atomic E-state index is 11.9. The fourth-order valence-corrected chi connectivity index (χ4v) is 2.62. The summed E-state index contributed by atoms with van der Waals surface area (Å²) >= 11 is 0. The van der Waals surface area contributed by atoms with Gasteiger partial charge in [-0.15, -0.1) is 0 Å². The van der Waals surface area contributed by atoms with E-state index in [-0.39, 0.29) is 18.4 Å². The molecule has 1 amide bonds. The van der Waals surface area contributed by atoms with E-state index in [4.69, 9.17) is 4.74 Å². The smallest absolute Gasteiger partial charge is 0.322 e. The number of nitrogens with one attached hydrogen (secondary N) is 2. The summed E-state index contributed by atoms with van der Waals surface area (Å²) in [7, 11) is 1.37. The fourth-order valence-electron chi connectivity index (χ4n) is 2.62. The first-order chi connectivity index (χ1) is 9.52. The highest BCUT2D eigenvalue weighted by molar-refractivity contribution is 5.80. The van der Waals surface area contributed by atoms with Gasteiger partial charge in [0.25, 0.3) is 0 Å². The standard InChI is InChI=1S/C15H28N2O3/c1-11(2)9-13(15(19)20-3)16-10-14(18)17-12-7-5-4-6-8-12/h11-13,16H,4-10H2,1-3H3,(H,17,18). The maximum Gasteiger partial charge on any atom is 0.322 e. The van der Waals surface area contributed by atoms with Crippen LogP contribution in [0.15, 0.2) is 0 Å². The Morgan fingerprint density at radius 2 is 1.85 bits per heavy atom. The van der Waals surface area contributed by atoms with Crippen LogP contribution < -0.4 is 10.6 Å². The van der Waals surface area contributed by atoms with Crippen LogP contribution in [0.25, 0.3) is 0 Å². The van der Waals surface area contributed by atoms with E-state index < -0.39 is 6.04 Å². The van der Waals surface area contributed by atoms with Gasteiger partial charge in [0.1, 0.15) is 6.04 Å². The van der Waals surface area contributed by atoms with Crippen LogP contribution in [0.4, 0.5) is 0 Å². The third-order valence-corrected chi connectivity index (χ3v) is 3.67. The van der Waals surface area contributed by atoms with Gasteiger partial charge in [0.05, 0.1) is 13.7 Å². The number of amides is 1. The Labute approximate surface area is 121 Å². The van der Waals surface area contributed by atoms with Crippen LogP contribution in [-0.2, 0) is 14.3 Å². The number of hydrogen-bond acceptors (Lipinski definition) is 4. The molecule has 1 fully saturated rings. The number of hydrogen-bond donors (Lipinski definition) is 2. The summed E-state index contributed by atoms with van der Waals surface area (Å²) in [6, 6.07) is -0.100. The number of rotatable bonds is 7. The molecular formula is C15H28N2O3. The molecule has 1 unspecified atom stereocenters. The minimum atomic E-state index is -0.405. The molecule has 5 heteroatoms. The Bertz CT molecular complexity index is 312. The number of esters is 1. The Morgan fingerprint density at radius 1 is 1.20 bits per heavy atom. The first kappa shape index (κ1) is 17.0. The molecule has 0 radical (unpaired) electrons. The molecule has 0 spiro atoms. The third-order valence-electron chi connectivity index (χ3n) is 3.67. The molecule has 116 valence electrons. The number of carbonyl (C=O) groups is 2. The van der Waals surface area contributed by atoms with Crippen LogP contribution in [0.3, 0.4) is 0 Å². The van der Waals surface area contributed by atoms with E-state index in [1.807, 2.05) is 13.8 Å². The Morgan fingerprint density at radius 3 is 2.40 bits per heavy atom. The molecule has 5 nitrogen and oxygen atoms in total. The molecule has 1 saturated carbocycles. The normalized spacial score (nSPS) is 17.8. The highest BCUT2D eigenvalue weighted by Gasteiger charge is 2.22. The van der Waals surface area contributed by atoms with Gasteiger partial charge in [0, 0.05) is 6.04 Å². The lowest BCUT2D eigenvalue weighted by Gasteiger charge is -2.23. The van der Waals surface area contributed by atoms with E-state index in [0.717, 1.165) is 12.8 Å². The summed E-state index contributed by atoms with van der Waals surface area (Å²) in [5.74, 6) is 0.0340. The second kappa shape index (κ2) is 8.95. The van der Waals surface area contributed by atoms with Crippen LogP contribution in [0.1, 0.15) is 52.4 Å². The van der Waals surface area contributed by atoms with Crippen molar-refractivity contribution in [2.24, 2.45) is 5.92 Å². The quantitative estimate of drug-likeness (QED) is 0.697. The molecule has 1 rings (SSSR count). The molecule has 0 aromatic carbocycles. The van der Waals surface area contributed by atoms with E-state index in [2.05, 4.69) is 10.6 Å². The lowest BCUT2D eigenvalue weighted by molar-refractivity contribution is -0.143. The van der Waals surface area contributed by atoms with Crippen molar-refractivity contribution in [2.75, 3.05) is 13.7 Å². The van der Waals surface area contributed by atoms with Crippen molar-refractivity contribution in [1.82, 2.24) is 10.6 Å². The van der Waals surface area contributed by atoms with Crippen molar-refractivity contribution < 1.29 is 14.3 Å². The summed E-state index contributed by atoms with van der Waals surface area (Å²) in [6.45, 7) is 4.25.